The molecular formula is C24H30O16S4. The van der Waals surface area contributed by atoms with Crippen molar-refractivity contribution in [2.75, 3.05) is 38.2 Å². The van der Waals surface area contributed by atoms with Crippen LogP contribution in [0, 0.1) is 0 Å². The topological polar surface area (TPSA) is 226 Å². The predicted molar refractivity (Wildman–Crippen MR) is 152 cm³/mol. The van der Waals surface area contributed by atoms with Crippen molar-refractivity contribution in [3.63, 3.8) is 0 Å². The van der Waals surface area contributed by atoms with Crippen molar-refractivity contribution in [1.82, 2.24) is 0 Å². The number of esters is 2. The lowest BCUT2D eigenvalue weighted by Gasteiger charge is -2.34. The Balaban J connectivity index is 2.63. The summed E-state index contributed by atoms with van der Waals surface area (Å²) < 4.78 is 128. The fraction of sp³-hybridized carbons (Fsp3) is 0.417. The van der Waals surface area contributed by atoms with E-state index in [0.29, 0.717) is 25.0 Å². The first-order valence-corrected chi connectivity index (χ1v) is 19.4. The van der Waals surface area contributed by atoms with Crippen LogP contribution in [0.4, 0.5) is 0 Å². The van der Waals surface area contributed by atoms with E-state index < -0.39 is 90.0 Å². The van der Waals surface area contributed by atoms with Crippen molar-refractivity contribution in [2.45, 2.75) is 24.4 Å². The molecule has 0 N–H and O–H groups in total. The van der Waals surface area contributed by atoms with E-state index in [1.54, 1.807) is 12.1 Å². The number of hydrogen-bond acceptors (Lipinski definition) is 16. The number of ether oxygens (including phenoxy) is 2. The number of benzene rings is 2. The lowest BCUT2D eigenvalue weighted by Crippen LogP contribution is -2.54. The van der Waals surface area contributed by atoms with Crippen molar-refractivity contribution >= 4 is 52.4 Å². The van der Waals surface area contributed by atoms with Gasteiger partial charge in [-0.15, -0.1) is 0 Å². The maximum absolute atomic E-state index is 12.6. The number of hydrogen-bond donors (Lipinski definition) is 0. The van der Waals surface area contributed by atoms with Gasteiger partial charge in [0.2, 0.25) is 0 Å². The van der Waals surface area contributed by atoms with E-state index in [0.717, 1.165) is 0 Å². The first-order chi connectivity index (χ1) is 20.1. The molecule has 16 nitrogen and oxygen atoms in total. The fourth-order valence-electron chi connectivity index (χ4n) is 3.49. The maximum Gasteiger partial charge on any atom is 0.338 e. The Morgan fingerprint density at radius 1 is 0.500 bits per heavy atom. The molecule has 0 aliphatic heterocycles. The fourth-order valence-corrected chi connectivity index (χ4v) is 6.00. The van der Waals surface area contributed by atoms with Gasteiger partial charge in [0.25, 0.3) is 40.5 Å². The lowest BCUT2D eigenvalue weighted by atomic mass is 10.0. The average molecular weight is 703 g/mol. The van der Waals surface area contributed by atoms with Gasteiger partial charge in [-0.25, -0.2) is 9.59 Å². The van der Waals surface area contributed by atoms with Crippen LogP contribution in [0.1, 0.15) is 20.7 Å². The van der Waals surface area contributed by atoms with E-state index in [1.807, 2.05) is 0 Å². The quantitative estimate of drug-likeness (QED) is 0.157. The molecule has 0 aromatic heterocycles. The van der Waals surface area contributed by atoms with Gasteiger partial charge in [0, 0.05) is 0 Å². The van der Waals surface area contributed by atoms with Crippen LogP contribution in [0.2, 0.25) is 0 Å². The standard InChI is InChI=1S/C24H30O16S4/c1-41(27,28)37-19(15-35-23(25)17-11-7-5-8-12-17)21(39-43(3,31)32)22(40-44(4,33)34)20(38-42(2,29)30)16-36-24(26)18-13-9-6-10-14-18/h5-14,19-22H,15-16H2,1-4H3/t19-,20-,21-,22-/m1/s1. The highest BCUT2D eigenvalue weighted by atomic mass is 32.2. The van der Waals surface area contributed by atoms with Crippen molar-refractivity contribution in [2.24, 2.45) is 0 Å². The summed E-state index contributed by atoms with van der Waals surface area (Å²) in [7, 11) is -18.4. The Morgan fingerprint density at radius 2 is 0.773 bits per heavy atom. The Labute approximate surface area is 255 Å². The molecule has 2 rings (SSSR count). The van der Waals surface area contributed by atoms with Gasteiger partial charge in [-0.2, -0.15) is 33.7 Å². The van der Waals surface area contributed by atoms with E-state index in [1.165, 1.54) is 48.5 Å². The summed E-state index contributed by atoms with van der Waals surface area (Å²) in [5.41, 5.74) is -0.0255. The molecule has 44 heavy (non-hydrogen) atoms. The molecular weight excluding hydrogens is 673 g/mol. The molecule has 0 bridgehead atoms. The van der Waals surface area contributed by atoms with Crippen LogP contribution in [-0.2, 0) is 66.7 Å². The van der Waals surface area contributed by atoms with Gasteiger partial charge in [-0.3, -0.25) is 16.7 Å². The number of rotatable bonds is 17. The third kappa shape index (κ3) is 14.2. The monoisotopic (exact) mass is 702 g/mol. The van der Waals surface area contributed by atoms with Gasteiger partial charge in [-0.1, -0.05) is 36.4 Å². The second kappa shape index (κ2) is 15.3. The average Bonchev–Trinajstić information content (AvgIpc) is 2.89. The third-order valence-corrected chi connectivity index (χ3v) is 7.34. The molecule has 20 heteroatoms. The summed E-state index contributed by atoms with van der Waals surface area (Å²) in [6.45, 7) is -2.19. The summed E-state index contributed by atoms with van der Waals surface area (Å²) >= 11 is 0. The summed E-state index contributed by atoms with van der Waals surface area (Å²) in [4.78, 5) is 25.2. The SMILES string of the molecule is CS(=O)(=O)O[C@@H]([C@H](OS(C)(=O)=O)[C@@H](COC(=O)c1ccccc1)OS(C)(=O)=O)[C@@H](COC(=O)c1ccccc1)OS(C)(=O)=O. The molecule has 0 aliphatic rings. The molecule has 0 saturated carbocycles. The predicted octanol–water partition coefficient (Wildman–Crippen LogP) is 0.0796. The first kappa shape index (κ1) is 37.2. The molecule has 2 aromatic carbocycles. The van der Waals surface area contributed by atoms with E-state index in [-0.39, 0.29) is 11.1 Å². The van der Waals surface area contributed by atoms with E-state index >= 15 is 0 Å². The number of carbonyl (C=O) groups excluding carboxylic acids is 2. The Kier molecular flexibility index (Phi) is 13.0. The van der Waals surface area contributed by atoms with E-state index in [2.05, 4.69) is 0 Å². The zero-order valence-electron chi connectivity index (χ0n) is 23.7. The van der Waals surface area contributed by atoms with Crippen LogP contribution in [0.3, 0.4) is 0 Å². The summed E-state index contributed by atoms with van der Waals surface area (Å²) in [5, 5.41) is 0. The van der Waals surface area contributed by atoms with Crippen LogP contribution in [0.5, 0.6) is 0 Å². The largest absolute Gasteiger partial charge is 0.459 e. The van der Waals surface area contributed by atoms with Gasteiger partial charge < -0.3 is 9.47 Å². The molecule has 0 aliphatic carbocycles. The van der Waals surface area contributed by atoms with Gasteiger partial charge in [0.05, 0.1) is 36.1 Å². The summed E-state index contributed by atoms with van der Waals surface area (Å²) in [6.07, 6.45) is -7.17. The van der Waals surface area contributed by atoms with E-state index in [9.17, 15) is 43.3 Å². The third-order valence-electron chi connectivity index (χ3n) is 5.00. The highest BCUT2D eigenvalue weighted by molar-refractivity contribution is 7.86. The van der Waals surface area contributed by atoms with Crippen LogP contribution >= 0.6 is 0 Å². The summed E-state index contributed by atoms with van der Waals surface area (Å²) in [5.74, 6) is -2.07. The first-order valence-electron chi connectivity index (χ1n) is 12.1. The Bertz CT molecular complexity index is 1580. The smallest absolute Gasteiger partial charge is 0.338 e. The molecule has 2 aromatic rings. The Hall–Kier alpha value is -2.98. The van der Waals surface area contributed by atoms with Crippen molar-refractivity contribution in [3.8, 4) is 0 Å². The van der Waals surface area contributed by atoms with Gasteiger partial charge in [0.15, 0.2) is 0 Å². The normalized spacial score (nSPS) is 15.5. The second-order valence-electron chi connectivity index (χ2n) is 9.14. The van der Waals surface area contributed by atoms with Gasteiger partial charge in [0.1, 0.15) is 37.6 Å². The second-order valence-corrected chi connectivity index (χ2v) is 15.5. The molecule has 0 radical (unpaired) electrons. The molecule has 0 fully saturated rings. The van der Waals surface area contributed by atoms with Crippen LogP contribution in [0.25, 0.3) is 0 Å². The molecule has 0 heterocycles. The molecule has 246 valence electrons. The maximum atomic E-state index is 12.6. The highest BCUT2D eigenvalue weighted by Gasteiger charge is 2.46. The number of carbonyl (C=O) groups is 2. The van der Waals surface area contributed by atoms with Crippen LogP contribution < -0.4 is 0 Å². The summed E-state index contributed by atoms with van der Waals surface area (Å²) in [6, 6.07) is 14.5. The zero-order chi connectivity index (χ0) is 33.3. The molecule has 0 saturated heterocycles. The van der Waals surface area contributed by atoms with Gasteiger partial charge in [-0.05, 0) is 24.3 Å². The molecule has 0 amide bonds. The minimum absolute atomic E-state index is 0.0127. The van der Waals surface area contributed by atoms with Crippen molar-refractivity contribution in [1.29, 1.82) is 0 Å². The van der Waals surface area contributed by atoms with Gasteiger partial charge >= 0.3 is 11.9 Å². The lowest BCUT2D eigenvalue weighted by molar-refractivity contribution is -0.0850. The van der Waals surface area contributed by atoms with E-state index in [4.69, 9.17) is 26.2 Å². The minimum Gasteiger partial charge on any atom is -0.459 e. The zero-order valence-corrected chi connectivity index (χ0v) is 26.9. The van der Waals surface area contributed by atoms with Crippen molar-refractivity contribution < 1.29 is 69.5 Å². The minimum atomic E-state index is -4.67. The Morgan fingerprint density at radius 3 is 1.02 bits per heavy atom. The van der Waals surface area contributed by atoms with Crippen LogP contribution in [-0.4, -0.2) is 108 Å². The molecule has 4 atom stereocenters. The molecule has 0 unspecified atom stereocenters. The van der Waals surface area contributed by atoms with Crippen molar-refractivity contribution in [3.05, 3.63) is 71.8 Å². The molecule has 0 spiro atoms. The highest BCUT2D eigenvalue weighted by Crippen LogP contribution is 2.24. The van der Waals surface area contributed by atoms with Crippen LogP contribution in [0.15, 0.2) is 60.7 Å².